The lowest BCUT2D eigenvalue weighted by Crippen LogP contribution is -2.34. The highest BCUT2D eigenvalue weighted by Crippen LogP contribution is 2.26. The fourth-order valence-electron chi connectivity index (χ4n) is 2.16. The zero-order chi connectivity index (χ0) is 14.8. The average Bonchev–Trinajstić information content (AvgIpc) is 3.04. The molecule has 0 atom stereocenters. The Bertz CT molecular complexity index is 643. The van der Waals surface area contributed by atoms with Gasteiger partial charge in [-0.05, 0) is 12.5 Å². The van der Waals surface area contributed by atoms with Crippen molar-refractivity contribution in [1.29, 1.82) is 0 Å². The Hall–Kier alpha value is -2.03. The van der Waals surface area contributed by atoms with Crippen molar-refractivity contribution in [3.8, 4) is 0 Å². The number of hydrogen-bond donors (Lipinski definition) is 1. The number of rotatable bonds is 2. The minimum absolute atomic E-state index is 0.0759. The van der Waals surface area contributed by atoms with Gasteiger partial charge in [-0.2, -0.15) is 0 Å². The van der Waals surface area contributed by atoms with E-state index in [9.17, 15) is 13.6 Å². The van der Waals surface area contributed by atoms with Crippen LogP contribution in [0.1, 0.15) is 29.2 Å². The molecule has 0 radical (unpaired) electrons. The molecule has 3 rings (SSSR count). The summed E-state index contributed by atoms with van der Waals surface area (Å²) in [7, 11) is 0. The first-order valence-electron chi connectivity index (χ1n) is 6.36. The maximum absolute atomic E-state index is 12.4. The number of carbonyl (C=O) groups excluding carboxylic acids is 1. The molecule has 6 nitrogen and oxygen atoms in total. The van der Waals surface area contributed by atoms with Crippen molar-refractivity contribution in [2.45, 2.75) is 25.8 Å². The number of carbonyl (C=O) groups is 1. The van der Waals surface area contributed by atoms with Gasteiger partial charge in [0.1, 0.15) is 5.76 Å². The average molecular weight is 314 g/mol. The van der Waals surface area contributed by atoms with Crippen molar-refractivity contribution in [2.75, 3.05) is 11.9 Å². The minimum atomic E-state index is -2.68. The molecule has 1 N–H and O–H groups in total. The SMILES string of the molecule is O=C(Nc1nnc(C(F)F)s1)N1CCCc2occc2C1. The van der Waals surface area contributed by atoms with Gasteiger partial charge in [0.05, 0.1) is 12.8 Å². The number of fused-ring (bicyclic) bond motifs is 1. The molecule has 2 amide bonds. The van der Waals surface area contributed by atoms with Crippen molar-refractivity contribution in [2.24, 2.45) is 0 Å². The van der Waals surface area contributed by atoms with Crippen molar-refractivity contribution in [3.05, 3.63) is 28.7 Å². The third kappa shape index (κ3) is 3.02. The van der Waals surface area contributed by atoms with Crippen LogP contribution >= 0.6 is 11.3 Å². The summed E-state index contributed by atoms with van der Waals surface area (Å²) in [6.07, 6.45) is 0.484. The first kappa shape index (κ1) is 13.9. The van der Waals surface area contributed by atoms with Gasteiger partial charge in [0, 0.05) is 18.5 Å². The Morgan fingerprint density at radius 2 is 2.33 bits per heavy atom. The smallest absolute Gasteiger partial charge is 0.323 e. The predicted octanol–water partition coefficient (Wildman–Crippen LogP) is 3.05. The molecule has 1 aliphatic rings. The normalized spacial score (nSPS) is 14.9. The zero-order valence-corrected chi connectivity index (χ0v) is 11.7. The Morgan fingerprint density at radius 1 is 1.48 bits per heavy atom. The van der Waals surface area contributed by atoms with Crippen LogP contribution in [0.25, 0.3) is 0 Å². The fraction of sp³-hybridized carbons (Fsp3) is 0.417. The molecule has 0 spiro atoms. The van der Waals surface area contributed by atoms with E-state index >= 15 is 0 Å². The van der Waals surface area contributed by atoms with E-state index in [2.05, 4.69) is 15.5 Å². The van der Waals surface area contributed by atoms with Crippen LogP contribution in [0.2, 0.25) is 0 Å². The molecule has 21 heavy (non-hydrogen) atoms. The Morgan fingerprint density at radius 3 is 3.10 bits per heavy atom. The first-order chi connectivity index (χ1) is 10.1. The number of nitrogens with one attached hydrogen (secondary N) is 1. The molecule has 3 heterocycles. The highest BCUT2D eigenvalue weighted by molar-refractivity contribution is 7.15. The van der Waals surface area contributed by atoms with E-state index in [0.717, 1.165) is 24.2 Å². The van der Waals surface area contributed by atoms with Crippen molar-refractivity contribution in [3.63, 3.8) is 0 Å². The number of aromatic nitrogens is 2. The predicted molar refractivity (Wildman–Crippen MR) is 71.3 cm³/mol. The summed E-state index contributed by atoms with van der Waals surface area (Å²) in [5.74, 6) is 0.890. The van der Waals surface area contributed by atoms with Gasteiger partial charge in [-0.25, -0.2) is 13.6 Å². The standard InChI is InChI=1S/C12H12F2N4O2S/c13-9(14)10-16-17-11(21-10)15-12(19)18-4-1-2-8-7(6-18)3-5-20-8/h3,5,9H,1-2,4,6H2,(H,15,17,19). The van der Waals surface area contributed by atoms with Crippen molar-refractivity contribution < 1.29 is 18.0 Å². The van der Waals surface area contributed by atoms with Crippen LogP contribution in [-0.2, 0) is 13.0 Å². The molecule has 1 aliphatic heterocycles. The van der Waals surface area contributed by atoms with E-state index in [-0.39, 0.29) is 11.2 Å². The summed E-state index contributed by atoms with van der Waals surface area (Å²) in [4.78, 5) is 13.8. The number of aryl methyl sites for hydroxylation is 1. The van der Waals surface area contributed by atoms with Crippen LogP contribution in [-0.4, -0.2) is 27.7 Å². The number of halogens is 2. The first-order valence-corrected chi connectivity index (χ1v) is 7.18. The van der Waals surface area contributed by atoms with E-state index in [1.54, 1.807) is 11.2 Å². The third-order valence-electron chi connectivity index (χ3n) is 3.16. The van der Waals surface area contributed by atoms with E-state index < -0.39 is 11.4 Å². The molecule has 0 aromatic carbocycles. The second-order valence-corrected chi connectivity index (χ2v) is 5.58. The van der Waals surface area contributed by atoms with Gasteiger partial charge in [0.15, 0.2) is 5.01 Å². The Balaban J connectivity index is 1.67. The molecule has 0 aliphatic carbocycles. The second kappa shape index (κ2) is 5.76. The Labute approximate surface area is 122 Å². The molecule has 2 aromatic rings. The van der Waals surface area contributed by atoms with Crippen LogP contribution in [0.5, 0.6) is 0 Å². The molecule has 0 saturated carbocycles. The van der Waals surface area contributed by atoms with E-state index in [4.69, 9.17) is 4.42 Å². The Kier molecular flexibility index (Phi) is 3.82. The molecule has 0 saturated heterocycles. The van der Waals surface area contributed by atoms with Gasteiger partial charge in [-0.15, -0.1) is 10.2 Å². The van der Waals surface area contributed by atoms with Gasteiger partial charge in [-0.3, -0.25) is 5.32 Å². The second-order valence-electron chi connectivity index (χ2n) is 4.57. The molecule has 112 valence electrons. The number of urea groups is 1. The molecule has 0 unspecified atom stereocenters. The molecule has 2 aromatic heterocycles. The molecule has 0 bridgehead atoms. The van der Waals surface area contributed by atoms with Crippen LogP contribution in [0, 0.1) is 0 Å². The zero-order valence-electron chi connectivity index (χ0n) is 10.9. The van der Waals surface area contributed by atoms with Gasteiger partial charge < -0.3 is 9.32 Å². The minimum Gasteiger partial charge on any atom is -0.469 e. The number of amides is 2. The van der Waals surface area contributed by atoms with Crippen molar-refractivity contribution >= 4 is 22.5 Å². The molecule has 9 heteroatoms. The van der Waals surface area contributed by atoms with Crippen molar-refractivity contribution in [1.82, 2.24) is 15.1 Å². The van der Waals surface area contributed by atoms with Crippen LogP contribution < -0.4 is 5.32 Å². The lowest BCUT2D eigenvalue weighted by atomic mass is 10.2. The molecule has 0 fully saturated rings. The van der Waals surface area contributed by atoms with Gasteiger partial charge >= 0.3 is 6.03 Å². The monoisotopic (exact) mass is 314 g/mol. The largest absolute Gasteiger partial charge is 0.469 e. The fourth-order valence-corrected chi connectivity index (χ4v) is 2.75. The molecular weight excluding hydrogens is 302 g/mol. The summed E-state index contributed by atoms with van der Waals surface area (Å²) in [6, 6.07) is 1.46. The number of nitrogens with zero attached hydrogens (tertiary/aromatic N) is 3. The topological polar surface area (TPSA) is 71.3 Å². The number of hydrogen-bond acceptors (Lipinski definition) is 5. The van der Waals surface area contributed by atoms with E-state index in [1.165, 1.54) is 0 Å². The van der Waals surface area contributed by atoms with Crippen LogP contribution in [0.3, 0.4) is 0 Å². The summed E-state index contributed by atoms with van der Waals surface area (Å²) < 4.78 is 30.2. The van der Waals surface area contributed by atoms with Crippen LogP contribution in [0.4, 0.5) is 18.7 Å². The summed E-state index contributed by atoms with van der Waals surface area (Å²) >= 11 is 0.676. The van der Waals surface area contributed by atoms with E-state index in [0.29, 0.717) is 24.4 Å². The van der Waals surface area contributed by atoms with Gasteiger partial charge in [0.25, 0.3) is 6.43 Å². The quantitative estimate of drug-likeness (QED) is 0.925. The highest BCUT2D eigenvalue weighted by Gasteiger charge is 2.22. The maximum atomic E-state index is 12.4. The lowest BCUT2D eigenvalue weighted by Gasteiger charge is -2.19. The number of anilines is 1. The highest BCUT2D eigenvalue weighted by atomic mass is 32.1. The summed E-state index contributed by atoms with van der Waals surface area (Å²) in [5, 5.41) is 9.05. The third-order valence-corrected chi connectivity index (χ3v) is 4.01. The summed E-state index contributed by atoms with van der Waals surface area (Å²) in [5.41, 5.74) is 0.966. The maximum Gasteiger partial charge on any atom is 0.323 e. The summed E-state index contributed by atoms with van der Waals surface area (Å²) in [6.45, 7) is 0.995. The lowest BCUT2D eigenvalue weighted by molar-refractivity contribution is 0.150. The van der Waals surface area contributed by atoms with E-state index in [1.807, 2.05) is 6.07 Å². The van der Waals surface area contributed by atoms with Gasteiger partial charge in [-0.1, -0.05) is 11.3 Å². The van der Waals surface area contributed by atoms with Crippen LogP contribution in [0.15, 0.2) is 16.7 Å². The number of furan rings is 1. The number of alkyl halides is 2. The molecular formula is C12H12F2N4O2S. The van der Waals surface area contributed by atoms with Gasteiger partial charge in [0.2, 0.25) is 5.13 Å².